The van der Waals surface area contributed by atoms with E-state index in [2.05, 4.69) is 0 Å². The second-order valence-corrected chi connectivity index (χ2v) is 4.53. The fraction of sp³-hybridized carbons (Fsp3) is 0.800. The third-order valence-electron chi connectivity index (χ3n) is 2.86. The highest BCUT2D eigenvalue weighted by atomic mass is 16.7. The van der Waals surface area contributed by atoms with E-state index in [-0.39, 0.29) is 18.3 Å². The van der Waals surface area contributed by atoms with Crippen molar-refractivity contribution in [2.75, 3.05) is 7.11 Å². The smallest absolute Gasteiger partial charge is 0.461 e. The fourth-order valence-electron chi connectivity index (χ4n) is 1.32. The molecule has 0 amide bonds. The van der Waals surface area contributed by atoms with Crippen molar-refractivity contribution in [3.05, 3.63) is 12.3 Å². The van der Waals surface area contributed by atoms with Crippen molar-refractivity contribution in [2.45, 2.75) is 45.2 Å². The highest BCUT2D eigenvalue weighted by Crippen LogP contribution is 2.37. The van der Waals surface area contributed by atoms with Gasteiger partial charge in [0.1, 0.15) is 0 Å². The molecule has 0 saturated carbocycles. The Hall–Kier alpha value is -0.475. The molecule has 0 aromatic rings. The van der Waals surface area contributed by atoms with Crippen molar-refractivity contribution >= 4 is 7.12 Å². The van der Waals surface area contributed by atoms with E-state index in [1.807, 2.05) is 33.8 Å². The molecular formula is C10H19BO3. The molecule has 0 radical (unpaired) electrons. The second-order valence-electron chi connectivity index (χ2n) is 4.53. The minimum Gasteiger partial charge on any atom is -0.505 e. The number of methoxy groups -OCH3 is 1. The van der Waals surface area contributed by atoms with Gasteiger partial charge in [-0.15, -0.1) is 0 Å². The van der Waals surface area contributed by atoms with Crippen LogP contribution in [0.1, 0.15) is 27.7 Å². The fourth-order valence-corrected chi connectivity index (χ4v) is 1.32. The summed E-state index contributed by atoms with van der Waals surface area (Å²) >= 11 is 0. The molecule has 0 aromatic heterocycles. The Morgan fingerprint density at radius 1 is 1.14 bits per heavy atom. The molecule has 0 N–H and O–H groups in total. The first-order valence-electron chi connectivity index (χ1n) is 4.92. The molecule has 14 heavy (non-hydrogen) atoms. The van der Waals surface area contributed by atoms with E-state index in [4.69, 9.17) is 14.0 Å². The molecule has 1 aliphatic heterocycles. The van der Waals surface area contributed by atoms with Crippen molar-refractivity contribution in [1.82, 2.24) is 0 Å². The Labute approximate surface area is 86.6 Å². The second kappa shape index (κ2) is 3.95. The van der Waals surface area contributed by atoms with E-state index < -0.39 is 0 Å². The molecule has 1 fully saturated rings. The number of ether oxygens (including phenoxy) is 1. The molecule has 0 atom stereocenters. The highest BCUT2D eigenvalue weighted by molar-refractivity contribution is 6.46. The van der Waals surface area contributed by atoms with Crippen molar-refractivity contribution in [2.24, 2.45) is 0 Å². The van der Waals surface area contributed by atoms with Gasteiger partial charge in [0.05, 0.1) is 24.6 Å². The molecule has 80 valence electrons. The zero-order valence-corrected chi connectivity index (χ0v) is 9.66. The summed E-state index contributed by atoms with van der Waals surface area (Å²) in [5, 5.41) is 0. The normalized spacial score (nSPS) is 24.5. The van der Waals surface area contributed by atoms with E-state index in [0.29, 0.717) is 0 Å². The third kappa shape index (κ3) is 2.31. The summed E-state index contributed by atoms with van der Waals surface area (Å²) < 4.78 is 16.4. The Kier molecular flexibility index (Phi) is 3.27. The monoisotopic (exact) mass is 198 g/mol. The van der Waals surface area contributed by atoms with Gasteiger partial charge in [-0.2, -0.15) is 0 Å². The van der Waals surface area contributed by atoms with Crippen LogP contribution < -0.4 is 0 Å². The van der Waals surface area contributed by atoms with Crippen LogP contribution in [0.2, 0.25) is 6.32 Å². The van der Waals surface area contributed by atoms with Gasteiger partial charge in [0.15, 0.2) is 0 Å². The molecule has 0 aromatic carbocycles. The summed E-state index contributed by atoms with van der Waals surface area (Å²) in [5.74, 6) is 0. The minimum absolute atomic E-state index is 0.161. The van der Waals surface area contributed by atoms with Crippen molar-refractivity contribution in [3.63, 3.8) is 0 Å². The van der Waals surface area contributed by atoms with E-state index in [1.165, 1.54) is 0 Å². The topological polar surface area (TPSA) is 27.7 Å². The van der Waals surface area contributed by atoms with Crippen LogP contribution in [0, 0.1) is 0 Å². The molecule has 4 heteroatoms. The number of hydrogen-bond acceptors (Lipinski definition) is 3. The zero-order chi connectivity index (χ0) is 10.8. The maximum absolute atomic E-state index is 5.78. The molecule has 0 aliphatic carbocycles. The van der Waals surface area contributed by atoms with Gasteiger partial charge in [0, 0.05) is 6.32 Å². The average molecular weight is 198 g/mol. The molecule has 0 spiro atoms. The predicted octanol–water partition coefficient (Wildman–Crippen LogP) is 2.24. The molecule has 0 bridgehead atoms. The van der Waals surface area contributed by atoms with Crippen molar-refractivity contribution < 1.29 is 14.0 Å². The SMILES string of the molecule is CO/C=C\CB1OC(C)(C)C(C)(C)O1. The third-order valence-corrected chi connectivity index (χ3v) is 2.86. The molecule has 3 nitrogen and oxygen atoms in total. The van der Waals surface area contributed by atoms with Crippen LogP contribution in [-0.2, 0) is 14.0 Å². The first-order chi connectivity index (χ1) is 6.39. The van der Waals surface area contributed by atoms with Crippen LogP contribution in [0.25, 0.3) is 0 Å². The van der Waals surface area contributed by atoms with Gasteiger partial charge in [0.2, 0.25) is 0 Å². The maximum atomic E-state index is 5.78. The standard InChI is InChI=1S/C10H19BO3/c1-9(2)10(3,4)14-11(13-9)7-6-8-12-5/h6,8H,7H2,1-5H3/b8-6-. The van der Waals surface area contributed by atoms with Crippen LogP contribution in [0.5, 0.6) is 0 Å². The Morgan fingerprint density at radius 2 is 1.64 bits per heavy atom. The highest BCUT2D eigenvalue weighted by Gasteiger charge is 2.50. The lowest BCUT2D eigenvalue weighted by Crippen LogP contribution is -2.41. The summed E-state index contributed by atoms with van der Waals surface area (Å²) in [5.41, 5.74) is -0.475. The van der Waals surface area contributed by atoms with Crippen LogP contribution in [0.15, 0.2) is 12.3 Å². The summed E-state index contributed by atoms with van der Waals surface area (Å²) in [4.78, 5) is 0. The van der Waals surface area contributed by atoms with Gasteiger partial charge >= 0.3 is 7.12 Å². The van der Waals surface area contributed by atoms with Crippen LogP contribution in [0.3, 0.4) is 0 Å². The van der Waals surface area contributed by atoms with Gasteiger partial charge < -0.3 is 14.0 Å². The van der Waals surface area contributed by atoms with Crippen LogP contribution in [-0.4, -0.2) is 25.4 Å². The zero-order valence-electron chi connectivity index (χ0n) is 9.66. The molecule has 0 unspecified atom stereocenters. The van der Waals surface area contributed by atoms with Crippen LogP contribution >= 0.6 is 0 Å². The Balaban J connectivity index is 2.51. The summed E-state index contributed by atoms with van der Waals surface area (Å²) in [6.07, 6.45) is 4.27. The summed E-state index contributed by atoms with van der Waals surface area (Å²) in [6.45, 7) is 8.19. The van der Waals surface area contributed by atoms with Crippen molar-refractivity contribution in [3.8, 4) is 0 Å². The van der Waals surface area contributed by atoms with Gasteiger partial charge in [-0.25, -0.2) is 0 Å². The average Bonchev–Trinajstić information content (AvgIpc) is 2.21. The Bertz CT molecular complexity index is 207. The molecule has 1 heterocycles. The van der Waals surface area contributed by atoms with Crippen LogP contribution in [0.4, 0.5) is 0 Å². The van der Waals surface area contributed by atoms with Gasteiger partial charge in [-0.1, -0.05) is 6.08 Å². The van der Waals surface area contributed by atoms with Crippen molar-refractivity contribution in [1.29, 1.82) is 0 Å². The minimum atomic E-state index is -0.238. The molecule has 1 aliphatic rings. The van der Waals surface area contributed by atoms with E-state index in [9.17, 15) is 0 Å². The van der Waals surface area contributed by atoms with Gasteiger partial charge in [-0.3, -0.25) is 0 Å². The lowest BCUT2D eigenvalue weighted by Gasteiger charge is -2.32. The first-order valence-corrected chi connectivity index (χ1v) is 4.92. The molecule has 1 rings (SSSR count). The Morgan fingerprint density at radius 3 is 2.07 bits per heavy atom. The predicted molar refractivity (Wildman–Crippen MR) is 57.0 cm³/mol. The number of rotatable bonds is 3. The maximum Gasteiger partial charge on any atom is 0.461 e. The summed E-state index contributed by atoms with van der Waals surface area (Å²) in [7, 11) is 1.46. The molecule has 1 saturated heterocycles. The van der Waals surface area contributed by atoms with E-state index >= 15 is 0 Å². The lowest BCUT2D eigenvalue weighted by atomic mass is 9.85. The molecular weight excluding hydrogens is 179 g/mol. The first kappa shape index (κ1) is 11.6. The van der Waals surface area contributed by atoms with Gasteiger partial charge in [-0.05, 0) is 27.7 Å². The van der Waals surface area contributed by atoms with Gasteiger partial charge in [0.25, 0.3) is 0 Å². The number of allylic oxidation sites excluding steroid dienone is 1. The quantitative estimate of drug-likeness (QED) is 0.514. The van der Waals surface area contributed by atoms with E-state index in [0.717, 1.165) is 6.32 Å². The van der Waals surface area contributed by atoms with E-state index in [1.54, 1.807) is 13.4 Å². The summed E-state index contributed by atoms with van der Waals surface area (Å²) in [6, 6.07) is 0. The number of hydrogen-bond donors (Lipinski definition) is 0. The lowest BCUT2D eigenvalue weighted by molar-refractivity contribution is 0.00578. The largest absolute Gasteiger partial charge is 0.505 e.